The molecule has 0 radical (unpaired) electrons. The molecule has 0 fully saturated rings. The Labute approximate surface area is 160 Å². The second kappa shape index (κ2) is 7.29. The molecular formula is C19H19BrN4O2. The van der Waals surface area contributed by atoms with E-state index in [0.29, 0.717) is 5.69 Å². The van der Waals surface area contributed by atoms with E-state index in [-0.39, 0.29) is 0 Å². The van der Waals surface area contributed by atoms with Gasteiger partial charge in [0.25, 0.3) is 0 Å². The Hall–Kier alpha value is -2.67. The van der Waals surface area contributed by atoms with Crippen molar-refractivity contribution in [3.63, 3.8) is 0 Å². The first-order chi connectivity index (χ1) is 12.3. The van der Waals surface area contributed by atoms with Crippen molar-refractivity contribution in [2.24, 2.45) is 0 Å². The zero-order valence-electron chi connectivity index (χ0n) is 14.7. The van der Waals surface area contributed by atoms with E-state index in [2.05, 4.69) is 36.4 Å². The summed E-state index contributed by atoms with van der Waals surface area (Å²) in [6, 6.07) is 13.2. The number of ether oxygens (including phenoxy) is 1. The molecule has 0 bridgehead atoms. The Kier molecular flexibility index (Phi) is 5.08. The molecule has 3 rings (SSSR count). The Morgan fingerprint density at radius 2 is 1.85 bits per heavy atom. The maximum Gasteiger partial charge on any atom is 0.412 e. The molecule has 134 valence electrons. The summed E-state index contributed by atoms with van der Waals surface area (Å²) in [7, 11) is 0. The van der Waals surface area contributed by atoms with Crippen molar-refractivity contribution in [1.82, 2.24) is 15.2 Å². The highest BCUT2D eigenvalue weighted by Crippen LogP contribution is 2.26. The largest absolute Gasteiger partial charge is 0.444 e. The number of halogens is 1. The summed E-state index contributed by atoms with van der Waals surface area (Å²) in [5.41, 5.74) is 3.79. The van der Waals surface area contributed by atoms with E-state index in [1.165, 1.54) is 0 Å². The Morgan fingerprint density at radius 3 is 2.50 bits per heavy atom. The van der Waals surface area contributed by atoms with Gasteiger partial charge in [0.2, 0.25) is 0 Å². The zero-order chi connectivity index (χ0) is 18.7. The van der Waals surface area contributed by atoms with E-state index >= 15 is 0 Å². The standard InChI is InChI=1S/C19H19BrN4O2/c1-19(2,3)26-18(25)22-14-6-4-12(5-7-14)15-11-16(24-23-15)13-8-9-21-17(20)10-13/h4-11H,1-3H3,(H,22,25)(H,23,24). The summed E-state index contributed by atoms with van der Waals surface area (Å²) < 4.78 is 6.01. The van der Waals surface area contributed by atoms with Gasteiger partial charge in [-0.15, -0.1) is 0 Å². The minimum Gasteiger partial charge on any atom is -0.444 e. The van der Waals surface area contributed by atoms with Crippen LogP contribution in [0.5, 0.6) is 0 Å². The number of nitrogens with one attached hydrogen (secondary N) is 2. The van der Waals surface area contributed by atoms with E-state index in [9.17, 15) is 4.79 Å². The zero-order valence-corrected chi connectivity index (χ0v) is 16.3. The molecule has 0 aliphatic carbocycles. The van der Waals surface area contributed by atoms with Gasteiger partial charge in [-0.1, -0.05) is 12.1 Å². The Morgan fingerprint density at radius 1 is 1.12 bits per heavy atom. The van der Waals surface area contributed by atoms with E-state index in [0.717, 1.165) is 27.1 Å². The van der Waals surface area contributed by atoms with Crippen LogP contribution in [0.25, 0.3) is 22.5 Å². The van der Waals surface area contributed by atoms with Gasteiger partial charge in [0.15, 0.2) is 0 Å². The molecule has 0 spiro atoms. The van der Waals surface area contributed by atoms with Gasteiger partial charge in [-0.25, -0.2) is 9.78 Å². The van der Waals surface area contributed by atoms with Crippen LogP contribution in [-0.4, -0.2) is 26.9 Å². The number of hydrogen-bond donors (Lipinski definition) is 2. The number of rotatable bonds is 3. The summed E-state index contributed by atoms with van der Waals surface area (Å²) in [6.07, 6.45) is 1.26. The van der Waals surface area contributed by atoms with Gasteiger partial charge >= 0.3 is 6.09 Å². The van der Waals surface area contributed by atoms with Gasteiger partial charge in [-0.05, 0) is 67.0 Å². The molecule has 7 heteroatoms. The number of amides is 1. The molecule has 0 atom stereocenters. The molecule has 0 saturated heterocycles. The SMILES string of the molecule is CC(C)(C)OC(=O)Nc1ccc(-c2cc(-c3ccnc(Br)c3)[nH]n2)cc1. The molecule has 0 aliphatic rings. The van der Waals surface area contributed by atoms with Gasteiger partial charge in [-0.2, -0.15) is 5.10 Å². The lowest BCUT2D eigenvalue weighted by atomic mass is 10.1. The molecule has 0 aliphatic heterocycles. The van der Waals surface area contributed by atoms with Crippen LogP contribution in [0.1, 0.15) is 20.8 Å². The number of nitrogens with zero attached hydrogens (tertiary/aromatic N) is 2. The van der Waals surface area contributed by atoms with Crippen LogP contribution in [0.15, 0.2) is 53.3 Å². The Bertz CT molecular complexity index is 914. The van der Waals surface area contributed by atoms with Crippen LogP contribution in [0.3, 0.4) is 0 Å². The van der Waals surface area contributed by atoms with Crippen molar-refractivity contribution in [3.05, 3.63) is 53.3 Å². The summed E-state index contributed by atoms with van der Waals surface area (Å²) in [5.74, 6) is 0. The molecule has 2 heterocycles. The van der Waals surface area contributed by atoms with Crippen molar-refractivity contribution in [1.29, 1.82) is 0 Å². The monoisotopic (exact) mass is 414 g/mol. The fourth-order valence-electron chi connectivity index (χ4n) is 2.33. The van der Waals surface area contributed by atoms with Crippen molar-refractivity contribution in [2.45, 2.75) is 26.4 Å². The molecular weight excluding hydrogens is 396 g/mol. The van der Waals surface area contributed by atoms with Gasteiger partial charge in [0, 0.05) is 23.0 Å². The van der Waals surface area contributed by atoms with Gasteiger partial charge in [-0.3, -0.25) is 10.4 Å². The highest BCUT2D eigenvalue weighted by molar-refractivity contribution is 9.10. The van der Waals surface area contributed by atoms with Gasteiger partial charge in [0.05, 0.1) is 11.4 Å². The first-order valence-electron chi connectivity index (χ1n) is 8.08. The molecule has 6 nitrogen and oxygen atoms in total. The second-order valence-electron chi connectivity index (χ2n) is 6.74. The molecule has 3 aromatic rings. The second-order valence-corrected chi connectivity index (χ2v) is 7.55. The number of aromatic nitrogens is 3. The topological polar surface area (TPSA) is 79.9 Å². The van der Waals surface area contributed by atoms with Crippen LogP contribution in [0, 0.1) is 0 Å². The summed E-state index contributed by atoms with van der Waals surface area (Å²) in [6.45, 7) is 5.48. The number of pyridine rings is 1. The normalized spacial score (nSPS) is 11.2. The smallest absolute Gasteiger partial charge is 0.412 e. The maximum absolute atomic E-state index is 11.8. The van der Waals surface area contributed by atoms with E-state index in [4.69, 9.17) is 4.74 Å². The number of hydrogen-bond acceptors (Lipinski definition) is 4. The van der Waals surface area contributed by atoms with Gasteiger partial charge in [0.1, 0.15) is 10.2 Å². The first kappa shape index (κ1) is 18.1. The maximum atomic E-state index is 11.8. The van der Waals surface area contributed by atoms with Crippen molar-refractivity contribution < 1.29 is 9.53 Å². The lowest BCUT2D eigenvalue weighted by Gasteiger charge is -2.19. The average molecular weight is 415 g/mol. The number of carbonyl (C=O) groups excluding carboxylic acids is 1. The minimum absolute atomic E-state index is 0.476. The number of carbonyl (C=O) groups is 1. The molecule has 0 unspecified atom stereocenters. The predicted molar refractivity (Wildman–Crippen MR) is 105 cm³/mol. The lowest BCUT2D eigenvalue weighted by molar-refractivity contribution is 0.0636. The van der Waals surface area contributed by atoms with Crippen LogP contribution in [0.4, 0.5) is 10.5 Å². The third kappa shape index (κ3) is 4.70. The van der Waals surface area contributed by atoms with Gasteiger partial charge < -0.3 is 4.74 Å². The fourth-order valence-corrected chi connectivity index (χ4v) is 2.70. The predicted octanol–water partition coefficient (Wildman–Crippen LogP) is 5.25. The third-order valence-electron chi connectivity index (χ3n) is 3.44. The van der Waals surface area contributed by atoms with Crippen molar-refractivity contribution in [3.8, 4) is 22.5 Å². The summed E-state index contributed by atoms with van der Waals surface area (Å²) in [4.78, 5) is 15.9. The fraction of sp³-hybridized carbons (Fsp3) is 0.211. The number of aromatic amines is 1. The van der Waals surface area contributed by atoms with Crippen LogP contribution < -0.4 is 5.32 Å². The quantitative estimate of drug-likeness (QED) is 0.573. The Balaban J connectivity index is 1.72. The molecule has 1 amide bonds. The highest BCUT2D eigenvalue weighted by Gasteiger charge is 2.16. The van der Waals surface area contributed by atoms with E-state index in [1.807, 2.05) is 63.2 Å². The molecule has 2 aromatic heterocycles. The number of anilines is 1. The van der Waals surface area contributed by atoms with Crippen LogP contribution >= 0.6 is 15.9 Å². The molecule has 0 saturated carbocycles. The van der Waals surface area contributed by atoms with E-state index < -0.39 is 11.7 Å². The third-order valence-corrected chi connectivity index (χ3v) is 3.88. The molecule has 26 heavy (non-hydrogen) atoms. The number of benzene rings is 1. The summed E-state index contributed by atoms with van der Waals surface area (Å²) >= 11 is 3.37. The lowest BCUT2D eigenvalue weighted by Crippen LogP contribution is -2.27. The van der Waals surface area contributed by atoms with Crippen LogP contribution in [-0.2, 0) is 4.74 Å². The highest BCUT2D eigenvalue weighted by atomic mass is 79.9. The summed E-state index contributed by atoms with van der Waals surface area (Å²) in [5, 5.41) is 10.1. The van der Waals surface area contributed by atoms with E-state index in [1.54, 1.807) is 6.20 Å². The molecule has 2 N–H and O–H groups in total. The first-order valence-corrected chi connectivity index (χ1v) is 8.87. The van der Waals surface area contributed by atoms with Crippen molar-refractivity contribution in [2.75, 3.05) is 5.32 Å². The number of H-pyrrole nitrogens is 1. The minimum atomic E-state index is -0.530. The average Bonchev–Trinajstić information content (AvgIpc) is 3.04. The van der Waals surface area contributed by atoms with Crippen LogP contribution in [0.2, 0.25) is 0 Å². The molecule has 1 aromatic carbocycles. The van der Waals surface area contributed by atoms with Crippen molar-refractivity contribution >= 4 is 27.7 Å².